The Labute approximate surface area is 125 Å². The molecular formula is C13H16BrFN2OS. The minimum Gasteiger partial charge on any atom is -0.351 e. The summed E-state index contributed by atoms with van der Waals surface area (Å²) in [4.78, 5) is 14.1. The van der Waals surface area contributed by atoms with Crippen LogP contribution in [0.25, 0.3) is 0 Å². The lowest BCUT2D eigenvalue weighted by atomic mass is 10.2. The zero-order valence-electron chi connectivity index (χ0n) is 10.5. The first kappa shape index (κ1) is 14.8. The minimum absolute atomic E-state index is 0.0948. The number of hydrogen-bond donors (Lipinski definition) is 1. The Kier molecular flexibility index (Phi) is 5.66. The number of rotatable bonds is 4. The van der Waals surface area contributed by atoms with Gasteiger partial charge >= 0.3 is 0 Å². The molecule has 1 aliphatic rings. The average Bonchev–Trinajstić information content (AvgIpc) is 2.39. The van der Waals surface area contributed by atoms with Crippen LogP contribution in [-0.4, -0.2) is 48.5 Å². The van der Waals surface area contributed by atoms with Crippen LogP contribution in [0.4, 0.5) is 4.39 Å². The number of amides is 1. The number of halogens is 2. The number of hydrogen-bond acceptors (Lipinski definition) is 3. The van der Waals surface area contributed by atoms with Gasteiger partial charge in [-0.3, -0.25) is 9.69 Å². The second kappa shape index (κ2) is 7.26. The maximum Gasteiger partial charge on any atom is 0.254 e. The molecule has 0 radical (unpaired) electrons. The van der Waals surface area contributed by atoms with Gasteiger partial charge in [-0.2, -0.15) is 11.8 Å². The van der Waals surface area contributed by atoms with Crippen molar-refractivity contribution in [2.45, 2.75) is 0 Å². The molecule has 0 spiro atoms. The molecule has 1 saturated heterocycles. The molecule has 1 heterocycles. The molecular weight excluding hydrogens is 331 g/mol. The molecule has 0 aromatic heterocycles. The number of thioether (sulfide) groups is 1. The van der Waals surface area contributed by atoms with Gasteiger partial charge in [0, 0.05) is 42.2 Å². The summed E-state index contributed by atoms with van der Waals surface area (Å²) in [5.74, 6) is 1.45. The lowest BCUT2D eigenvalue weighted by Crippen LogP contribution is -2.39. The van der Waals surface area contributed by atoms with Crippen LogP contribution in [0.2, 0.25) is 0 Å². The van der Waals surface area contributed by atoms with E-state index in [1.165, 1.54) is 12.1 Å². The monoisotopic (exact) mass is 346 g/mol. The summed E-state index contributed by atoms with van der Waals surface area (Å²) in [5.41, 5.74) is 0.0948. The lowest BCUT2D eigenvalue weighted by molar-refractivity contribution is 0.0945. The Morgan fingerprint density at radius 3 is 2.84 bits per heavy atom. The third-order valence-corrected chi connectivity index (χ3v) is 4.43. The number of benzene rings is 1. The van der Waals surface area contributed by atoms with Crippen molar-refractivity contribution in [1.82, 2.24) is 10.2 Å². The highest BCUT2D eigenvalue weighted by Gasteiger charge is 2.13. The maximum absolute atomic E-state index is 13.6. The molecule has 2 rings (SSSR count). The molecule has 0 bridgehead atoms. The largest absolute Gasteiger partial charge is 0.351 e. The van der Waals surface area contributed by atoms with Gasteiger partial charge in [-0.05, 0) is 18.2 Å². The van der Waals surface area contributed by atoms with Crippen LogP contribution >= 0.6 is 27.7 Å². The van der Waals surface area contributed by atoms with Gasteiger partial charge in [0.15, 0.2) is 0 Å². The van der Waals surface area contributed by atoms with Crippen molar-refractivity contribution in [3.63, 3.8) is 0 Å². The molecule has 1 fully saturated rings. The van der Waals surface area contributed by atoms with E-state index in [4.69, 9.17) is 0 Å². The molecule has 104 valence electrons. The van der Waals surface area contributed by atoms with Crippen LogP contribution in [0.5, 0.6) is 0 Å². The van der Waals surface area contributed by atoms with Gasteiger partial charge < -0.3 is 5.32 Å². The van der Waals surface area contributed by atoms with Crippen LogP contribution in [0.3, 0.4) is 0 Å². The topological polar surface area (TPSA) is 32.3 Å². The summed E-state index contributed by atoms with van der Waals surface area (Å²) in [6.07, 6.45) is 0. The molecule has 0 unspecified atom stereocenters. The predicted octanol–water partition coefficient (Wildman–Crippen LogP) is 2.37. The van der Waals surface area contributed by atoms with Crippen molar-refractivity contribution in [2.75, 3.05) is 37.7 Å². The SMILES string of the molecule is O=C(NCCN1CCSCC1)c1ccc(Br)cc1F. The fourth-order valence-corrected chi connectivity index (χ4v) is 3.23. The first-order chi connectivity index (χ1) is 9.16. The van der Waals surface area contributed by atoms with Crippen LogP contribution in [0.1, 0.15) is 10.4 Å². The Morgan fingerprint density at radius 1 is 1.42 bits per heavy atom. The third kappa shape index (κ3) is 4.47. The quantitative estimate of drug-likeness (QED) is 0.908. The molecule has 19 heavy (non-hydrogen) atoms. The lowest BCUT2D eigenvalue weighted by Gasteiger charge is -2.26. The smallest absolute Gasteiger partial charge is 0.254 e. The van der Waals surface area contributed by atoms with Crippen LogP contribution in [0, 0.1) is 5.82 Å². The van der Waals surface area contributed by atoms with E-state index in [0.717, 1.165) is 31.1 Å². The van der Waals surface area contributed by atoms with Gasteiger partial charge in [-0.25, -0.2) is 4.39 Å². The molecule has 3 nitrogen and oxygen atoms in total. The van der Waals surface area contributed by atoms with Crippen LogP contribution in [-0.2, 0) is 0 Å². The van der Waals surface area contributed by atoms with Gasteiger partial charge in [0.1, 0.15) is 5.82 Å². The molecule has 0 aliphatic carbocycles. The molecule has 1 aromatic rings. The van der Waals surface area contributed by atoms with E-state index < -0.39 is 5.82 Å². The Bertz CT molecular complexity index is 452. The fraction of sp³-hybridized carbons (Fsp3) is 0.462. The molecule has 1 aliphatic heterocycles. The van der Waals surface area contributed by atoms with Crippen molar-refractivity contribution in [2.24, 2.45) is 0 Å². The van der Waals surface area contributed by atoms with Gasteiger partial charge in [0.2, 0.25) is 0 Å². The first-order valence-corrected chi connectivity index (χ1v) is 8.15. The van der Waals surface area contributed by atoms with Gasteiger partial charge in [-0.1, -0.05) is 15.9 Å². The summed E-state index contributed by atoms with van der Waals surface area (Å²) in [6.45, 7) is 3.50. The van der Waals surface area contributed by atoms with Crippen LogP contribution in [0.15, 0.2) is 22.7 Å². The van der Waals surface area contributed by atoms with Crippen LogP contribution < -0.4 is 5.32 Å². The number of nitrogens with zero attached hydrogens (tertiary/aromatic N) is 1. The molecule has 0 atom stereocenters. The van der Waals surface area contributed by atoms with Crippen molar-refractivity contribution in [3.05, 3.63) is 34.1 Å². The molecule has 1 N–H and O–H groups in total. The summed E-state index contributed by atoms with van der Waals surface area (Å²) >= 11 is 5.13. The third-order valence-electron chi connectivity index (χ3n) is 2.99. The van der Waals surface area contributed by atoms with Crippen molar-refractivity contribution in [1.29, 1.82) is 0 Å². The second-order valence-electron chi connectivity index (χ2n) is 4.33. The number of carbonyl (C=O) groups excluding carboxylic acids is 1. The fourth-order valence-electron chi connectivity index (χ4n) is 1.92. The predicted molar refractivity (Wildman–Crippen MR) is 80.2 cm³/mol. The zero-order chi connectivity index (χ0) is 13.7. The van der Waals surface area contributed by atoms with E-state index in [1.54, 1.807) is 6.07 Å². The van der Waals surface area contributed by atoms with Crippen molar-refractivity contribution < 1.29 is 9.18 Å². The van der Waals surface area contributed by atoms with E-state index in [2.05, 4.69) is 26.1 Å². The Balaban J connectivity index is 1.80. The summed E-state index contributed by atoms with van der Waals surface area (Å²) in [7, 11) is 0. The van der Waals surface area contributed by atoms with E-state index in [1.807, 2.05) is 11.8 Å². The van der Waals surface area contributed by atoms with Gasteiger partial charge in [0.25, 0.3) is 5.91 Å². The number of nitrogens with one attached hydrogen (secondary N) is 1. The Hall–Kier alpha value is -0.590. The van der Waals surface area contributed by atoms with E-state index in [0.29, 0.717) is 11.0 Å². The maximum atomic E-state index is 13.6. The number of carbonyl (C=O) groups is 1. The summed E-state index contributed by atoms with van der Waals surface area (Å²) < 4.78 is 14.2. The summed E-state index contributed by atoms with van der Waals surface area (Å²) in [5, 5.41) is 2.76. The average molecular weight is 347 g/mol. The van der Waals surface area contributed by atoms with E-state index >= 15 is 0 Å². The van der Waals surface area contributed by atoms with E-state index in [9.17, 15) is 9.18 Å². The minimum atomic E-state index is -0.499. The van der Waals surface area contributed by atoms with Gasteiger partial charge in [0.05, 0.1) is 5.56 Å². The second-order valence-corrected chi connectivity index (χ2v) is 6.47. The first-order valence-electron chi connectivity index (χ1n) is 6.20. The molecule has 0 saturated carbocycles. The summed E-state index contributed by atoms with van der Waals surface area (Å²) in [6, 6.07) is 4.46. The van der Waals surface area contributed by atoms with Crippen molar-refractivity contribution >= 4 is 33.6 Å². The zero-order valence-corrected chi connectivity index (χ0v) is 12.9. The van der Waals surface area contributed by atoms with Crippen molar-refractivity contribution in [3.8, 4) is 0 Å². The highest BCUT2D eigenvalue weighted by atomic mass is 79.9. The highest BCUT2D eigenvalue weighted by Crippen LogP contribution is 2.15. The molecule has 6 heteroatoms. The highest BCUT2D eigenvalue weighted by molar-refractivity contribution is 9.10. The molecule has 1 aromatic carbocycles. The van der Waals surface area contributed by atoms with Gasteiger partial charge in [-0.15, -0.1) is 0 Å². The Morgan fingerprint density at radius 2 is 2.16 bits per heavy atom. The van der Waals surface area contributed by atoms with E-state index in [-0.39, 0.29) is 11.5 Å². The standard InChI is InChI=1S/C13H16BrFN2OS/c14-10-1-2-11(12(15)9-10)13(18)16-3-4-17-5-7-19-8-6-17/h1-2,9H,3-8H2,(H,16,18). The normalized spacial score (nSPS) is 16.3. The molecule has 1 amide bonds.